The van der Waals surface area contributed by atoms with Gasteiger partial charge in [-0.15, -0.1) is 0 Å². The molecule has 101 heavy (non-hydrogen) atoms. The number of amides is 5. The summed E-state index contributed by atoms with van der Waals surface area (Å²) in [6, 6.07) is 46.8. The van der Waals surface area contributed by atoms with Crippen LogP contribution in [0.3, 0.4) is 0 Å². The Morgan fingerprint density at radius 3 is 1.77 bits per heavy atom. The number of carbonyl (C=O) groups excluding carboxylic acids is 4. The van der Waals surface area contributed by atoms with Crippen LogP contribution in [0.1, 0.15) is 109 Å². The van der Waals surface area contributed by atoms with Gasteiger partial charge in [-0.2, -0.15) is 26.3 Å². The zero-order chi connectivity index (χ0) is 71.8. The number of anilines is 1. The number of benzene rings is 7. The summed E-state index contributed by atoms with van der Waals surface area (Å²) in [5.41, 5.74) is 2.82. The highest BCUT2D eigenvalue weighted by Crippen LogP contribution is 2.49. The van der Waals surface area contributed by atoms with E-state index >= 15 is 0 Å². The van der Waals surface area contributed by atoms with Crippen LogP contribution in [0.25, 0.3) is 11.1 Å². The van der Waals surface area contributed by atoms with E-state index in [4.69, 9.17) is 9.47 Å². The number of likely N-dealkylation sites (tertiary alicyclic amines) is 2. The second-order valence-corrected chi connectivity index (χ2v) is 27.3. The molecule has 3 heterocycles. The Labute approximate surface area is 584 Å². The first-order valence-electron chi connectivity index (χ1n) is 34.2. The molecule has 16 nitrogen and oxygen atoms in total. The average Bonchev–Trinajstić information content (AvgIpc) is 1.60. The molecule has 0 saturated carbocycles. The van der Waals surface area contributed by atoms with Crippen molar-refractivity contribution in [3.63, 3.8) is 0 Å². The van der Waals surface area contributed by atoms with E-state index in [0.717, 1.165) is 51.4 Å². The van der Waals surface area contributed by atoms with Gasteiger partial charge in [-0.1, -0.05) is 109 Å². The van der Waals surface area contributed by atoms with Gasteiger partial charge in [-0.25, -0.2) is 9.18 Å². The summed E-state index contributed by atoms with van der Waals surface area (Å²) in [6.45, 7) is 5.51. The average molecular weight is 1400 g/mol. The lowest BCUT2D eigenvalue weighted by Crippen LogP contribution is -2.50. The maximum absolute atomic E-state index is 14.3. The fourth-order valence-corrected chi connectivity index (χ4v) is 14.8. The molecule has 1 spiro atoms. The number of piperidine rings is 2. The molecule has 0 radical (unpaired) electrons. The SMILES string of the molecule is CN(Cc1ccc(C(=O)N(C)CCCN(C)C(=O)CO[C@H]2Cc3ccccc3C23CCN(CC[C@@]2(c4ccc(F)cc4)CN(C(=O)c4cc(C(F)(F)F)cc(C(F)(F)F)c4)CO2)CC3)cc1)Cc1ccc(C(=O)N(C)CCN2CCC(N(C(=O)O)c3ccccc3-c3ccccc3)CC2)cc1. The van der Waals surface area contributed by atoms with E-state index in [-0.39, 0.29) is 55.5 Å². The molecule has 0 bridgehead atoms. The Morgan fingerprint density at radius 2 is 1.17 bits per heavy atom. The number of alkyl halides is 6. The second kappa shape index (κ2) is 31.5. The largest absolute Gasteiger partial charge is 0.465 e. The second-order valence-electron chi connectivity index (χ2n) is 27.3. The first kappa shape index (κ1) is 73.2. The quantitative estimate of drug-likeness (QED) is 0.0576. The molecule has 11 rings (SSSR count). The third kappa shape index (κ3) is 17.3. The molecular weight excluding hydrogens is 1310 g/mol. The highest BCUT2D eigenvalue weighted by atomic mass is 19.4. The summed E-state index contributed by atoms with van der Waals surface area (Å²) in [5, 5.41) is 10.4. The standard InChI is InChI=1S/C78H85F7N8O8/c1-86(50-55-21-25-58(26-22-55)72(96)89(4)43-44-90-38-31-65(32-39-90)93(74(98)99)68-18-11-9-16-66(68)56-13-6-5-7-14-56)49-54-19-23-57(24-20-54)71(95)88(3)37-12-36-87(2)70(94)51-100-69-47-59-15-8-10-17-67(59)75(69)33-40-91(41-34-75)42-35-76(61-27-29-64(79)30-28-61)52-92(53-101-76)73(97)60-45-62(77(80,81)82)48-63(46-60)78(83,84)85/h5-11,13-30,45-46,48,65,69H,12,31-44,47,49-53H2,1-4H3,(H,98,99)/t69-,76-/m0/s1. The Balaban J connectivity index is 0.599. The lowest BCUT2D eigenvalue weighted by atomic mass is 9.72. The summed E-state index contributed by atoms with van der Waals surface area (Å²) in [4.78, 5) is 81.6. The summed E-state index contributed by atoms with van der Waals surface area (Å²) in [6.07, 6.45) is -7.50. The molecule has 1 N–H and O–H groups in total. The van der Waals surface area contributed by atoms with Gasteiger partial charge >= 0.3 is 18.4 Å². The van der Waals surface area contributed by atoms with Crippen LogP contribution < -0.4 is 4.90 Å². The van der Waals surface area contributed by atoms with Crippen LogP contribution >= 0.6 is 0 Å². The van der Waals surface area contributed by atoms with E-state index in [9.17, 15) is 59.8 Å². The Morgan fingerprint density at radius 1 is 0.614 bits per heavy atom. The minimum atomic E-state index is -5.15. The molecular formula is C78H85F7N8O8. The predicted octanol–water partition coefficient (Wildman–Crippen LogP) is 13.2. The highest BCUT2D eigenvalue weighted by Gasteiger charge is 2.50. The van der Waals surface area contributed by atoms with E-state index in [2.05, 4.69) is 26.8 Å². The van der Waals surface area contributed by atoms with E-state index in [1.807, 2.05) is 122 Å². The molecule has 0 unspecified atom stereocenters. The Kier molecular flexibility index (Phi) is 22.8. The molecule has 0 aromatic heterocycles. The lowest BCUT2D eigenvalue weighted by Gasteiger charge is -2.44. The van der Waals surface area contributed by atoms with Crippen molar-refractivity contribution in [2.24, 2.45) is 0 Å². The number of ether oxygens (including phenoxy) is 2. The Hall–Kier alpha value is -9.00. The molecule has 7 aromatic rings. The fraction of sp³-hybridized carbons (Fsp3) is 0.397. The third-order valence-corrected chi connectivity index (χ3v) is 20.5. The predicted molar refractivity (Wildman–Crippen MR) is 369 cm³/mol. The number of halogens is 7. The van der Waals surface area contributed by atoms with Crippen LogP contribution in [0.2, 0.25) is 0 Å². The number of fused-ring (bicyclic) bond motifs is 2. The van der Waals surface area contributed by atoms with Crippen molar-refractivity contribution in [1.82, 2.24) is 34.3 Å². The molecule has 2 atom stereocenters. The molecule has 534 valence electrons. The van der Waals surface area contributed by atoms with Crippen LogP contribution in [-0.2, 0) is 57.1 Å². The number of para-hydroxylation sites is 1. The van der Waals surface area contributed by atoms with Gasteiger partial charge in [0.05, 0.1) is 29.5 Å². The van der Waals surface area contributed by atoms with Crippen molar-refractivity contribution in [2.45, 2.75) is 93.5 Å². The first-order valence-corrected chi connectivity index (χ1v) is 34.2. The molecule has 3 aliphatic heterocycles. The van der Waals surface area contributed by atoms with Crippen molar-refractivity contribution in [3.05, 3.63) is 231 Å². The van der Waals surface area contributed by atoms with Gasteiger partial charge in [0.1, 0.15) is 24.8 Å². The summed E-state index contributed by atoms with van der Waals surface area (Å²) >= 11 is 0. The molecule has 5 amide bonds. The number of nitrogens with zero attached hydrogens (tertiary/aromatic N) is 8. The minimum absolute atomic E-state index is 0.0293. The van der Waals surface area contributed by atoms with Gasteiger partial charge in [0.2, 0.25) is 5.91 Å². The normalized spacial score (nSPS) is 18.0. The monoisotopic (exact) mass is 1390 g/mol. The smallest absolute Gasteiger partial charge is 0.416 e. The topological polar surface area (TPSA) is 150 Å². The number of rotatable bonds is 24. The minimum Gasteiger partial charge on any atom is -0.465 e. The van der Waals surface area contributed by atoms with Crippen LogP contribution in [0.4, 0.5) is 41.2 Å². The van der Waals surface area contributed by atoms with Crippen molar-refractivity contribution in [1.29, 1.82) is 0 Å². The number of hydrogen-bond donors (Lipinski definition) is 1. The fourth-order valence-electron chi connectivity index (χ4n) is 14.8. The van der Waals surface area contributed by atoms with Crippen LogP contribution in [0.15, 0.2) is 170 Å². The lowest BCUT2D eigenvalue weighted by molar-refractivity contribution is -0.143. The zero-order valence-corrected chi connectivity index (χ0v) is 57.2. The van der Waals surface area contributed by atoms with Crippen molar-refractivity contribution in [2.75, 3.05) is 112 Å². The van der Waals surface area contributed by atoms with Crippen LogP contribution in [0.5, 0.6) is 0 Å². The molecule has 3 saturated heterocycles. The summed E-state index contributed by atoms with van der Waals surface area (Å²) in [7, 11) is 7.28. The molecule has 4 aliphatic rings. The van der Waals surface area contributed by atoms with Crippen molar-refractivity contribution in [3.8, 4) is 11.1 Å². The van der Waals surface area contributed by atoms with Gasteiger partial charge in [0, 0.05) is 114 Å². The van der Waals surface area contributed by atoms with Gasteiger partial charge in [0.25, 0.3) is 17.7 Å². The van der Waals surface area contributed by atoms with Gasteiger partial charge < -0.3 is 44.0 Å². The maximum Gasteiger partial charge on any atom is 0.416 e. The van der Waals surface area contributed by atoms with Gasteiger partial charge in [0.15, 0.2) is 0 Å². The van der Waals surface area contributed by atoms with Crippen molar-refractivity contribution >= 4 is 35.4 Å². The number of hydrogen-bond acceptors (Lipinski definition) is 10. The first-order chi connectivity index (χ1) is 48.3. The molecule has 1 aliphatic carbocycles. The number of carboxylic acid groups (broad SMARTS) is 1. The zero-order valence-electron chi connectivity index (χ0n) is 57.2. The molecule has 3 fully saturated rings. The van der Waals surface area contributed by atoms with Crippen LogP contribution in [0, 0.1) is 5.82 Å². The van der Waals surface area contributed by atoms with Gasteiger partial charge in [-0.05, 0) is 159 Å². The summed E-state index contributed by atoms with van der Waals surface area (Å²) < 4.78 is 110. The van der Waals surface area contributed by atoms with E-state index in [1.54, 1.807) is 35.8 Å². The van der Waals surface area contributed by atoms with Crippen LogP contribution in [-0.4, -0.2) is 188 Å². The van der Waals surface area contributed by atoms with E-state index in [0.29, 0.717) is 132 Å². The van der Waals surface area contributed by atoms with Crippen molar-refractivity contribution < 1.29 is 69.3 Å². The Bertz CT molecular complexity index is 4000. The summed E-state index contributed by atoms with van der Waals surface area (Å²) in [5.74, 6) is -2.02. The number of carbonyl (C=O) groups is 5. The van der Waals surface area contributed by atoms with E-state index in [1.165, 1.54) is 29.2 Å². The molecule has 23 heteroatoms. The number of likely N-dealkylation sites (N-methyl/N-ethyl adjacent to an activating group) is 2. The molecule has 7 aromatic carbocycles. The third-order valence-electron chi connectivity index (χ3n) is 20.5. The van der Waals surface area contributed by atoms with Gasteiger partial charge in [-0.3, -0.25) is 29.0 Å². The highest BCUT2D eigenvalue weighted by molar-refractivity contribution is 5.96. The van der Waals surface area contributed by atoms with E-state index < -0.39 is 64.6 Å². The maximum atomic E-state index is 14.3.